The van der Waals surface area contributed by atoms with Crippen molar-refractivity contribution in [2.45, 2.75) is 44.0 Å². The fourth-order valence-corrected chi connectivity index (χ4v) is 3.90. The van der Waals surface area contributed by atoms with Gasteiger partial charge in [-0.25, -0.2) is 4.98 Å². The monoisotopic (exact) mass is 419 g/mol. The number of aromatic nitrogens is 2. The second kappa shape index (κ2) is 7.64. The number of amides is 1. The van der Waals surface area contributed by atoms with Crippen molar-refractivity contribution in [2.24, 2.45) is 0 Å². The number of anilines is 1. The van der Waals surface area contributed by atoms with E-state index in [-0.39, 0.29) is 23.3 Å². The summed E-state index contributed by atoms with van der Waals surface area (Å²) in [5.41, 5.74) is -0.159. The summed E-state index contributed by atoms with van der Waals surface area (Å²) in [6, 6.07) is 8.86. The SMILES string of the molecule is O=C(Nc1nc2cccc(O)c2n1[C@H]1CC[C@@H](O)CC1)c1cccc(C(F)(F)F)c1. The number of benzene rings is 2. The standard InChI is InChI=1S/C21H20F3N3O3/c22-21(23,24)13-4-1-3-12(11-13)19(30)26-20-25-16-5-2-6-17(29)18(16)27(20)14-7-9-15(28)10-8-14/h1-6,11,14-15,28-29H,7-10H2,(H,25,26,30)/t14-,15+. The third-order valence-corrected chi connectivity index (χ3v) is 5.40. The molecule has 0 bridgehead atoms. The molecule has 0 aliphatic heterocycles. The maximum atomic E-state index is 13.0. The second-order valence-corrected chi connectivity index (χ2v) is 7.45. The molecule has 0 atom stereocenters. The van der Waals surface area contributed by atoms with E-state index in [4.69, 9.17) is 0 Å². The Bertz CT molecular complexity index is 1090. The maximum Gasteiger partial charge on any atom is 0.416 e. The predicted octanol–water partition coefficient (Wildman–Crippen LogP) is 4.49. The van der Waals surface area contributed by atoms with E-state index in [2.05, 4.69) is 10.3 Å². The lowest BCUT2D eigenvalue weighted by atomic mass is 9.93. The number of carbonyl (C=O) groups is 1. The van der Waals surface area contributed by atoms with Gasteiger partial charge in [-0.1, -0.05) is 12.1 Å². The van der Waals surface area contributed by atoms with Crippen LogP contribution in [0.3, 0.4) is 0 Å². The van der Waals surface area contributed by atoms with Gasteiger partial charge in [0.1, 0.15) is 11.3 Å². The summed E-state index contributed by atoms with van der Waals surface area (Å²) in [6.07, 6.45) is -2.58. The number of carbonyl (C=O) groups excluding carboxylic acids is 1. The Balaban J connectivity index is 1.71. The minimum absolute atomic E-state index is 0.00862. The fourth-order valence-electron chi connectivity index (χ4n) is 3.90. The summed E-state index contributed by atoms with van der Waals surface area (Å²) in [7, 11) is 0. The van der Waals surface area contributed by atoms with Crippen LogP contribution in [0.5, 0.6) is 5.75 Å². The van der Waals surface area contributed by atoms with Crippen molar-refractivity contribution >= 4 is 22.9 Å². The quantitative estimate of drug-likeness (QED) is 0.584. The summed E-state index contributed by atoms with van der Waals surface area (Å²) in [4.78, 5) is 17.1. The number of hydrogen-bond acceptors (Lipinski definition) is 4. The molecule has 0 spiro atoms. The molecular weight excluding hydrogens is 399 g/mol. The molecule has 0 saturated heterocycles. The number of rotatable bonds is 3. The highest BCUT2D eigenvalue weighted by Crippen LogP contribution is 2.37. The van der Waals surface area contributed by atoms with Crippen molar-refractivity contribution < 1.29 is 28.2 Å². The molecule has 30 heavy (non-hydrogen) atoms. The molecule has 158 valence electrons. The molecule has 3 aromatic rings. The van der Waals surface area contributed by atoms with Crippen molar-refractivity contribution in [3.8, 4) is 5.75 Å². The van der Waals surface area contributed by atoms with Crippen LogP contribution in [0.25, 0.3) is 11.0 Å². The molecule has 6 nitrogen and oxygen atoms in total. The molecule has 1 fully saturated rings. The Morgan fingerprint density at radius 1 is 1.10 bits per heavy atom. The zero-order chi connectivity index (χ0) is 21.5. The van der Waals surface area contributed by atoms with Crippen molar-refractivity contribution in [3.05, 3.63) is 53.6 Å². The minimum atomic E-state index is -4.56. The van der Waals surface area contributed by atoms with Crippen LogP contribution in [0.15, 0.2) is 42.5 Å². The summed E-state index contributed by atoms with van der Waals surface area (Å²) >= 11 is 0. The van der Waals surface area contributed by atoms with Gasteiger partial charge in [-0.15, -0.1) is 0 Å². The van der Waals surface area contributed by atoms with Gasteiger partial charge >= 0.3 is 6.18 Å². The molecule has 3 N–H and O–H groups in total. The first-order chi connectivity index (χ1) is 14.2. The van der Waals surface area contributed by atoms with E-state index in [1.807, 2.05) is 0 Å². The first-order valence-corrected chi connectivity index (χ1v) is 9.60. The molecule has 2 aromatic carbocycles. The average molecular weight is 419 g/mol. The molecule has 9 heteroatoms. The number of nitrogens with one attached hydrogen (secondary N) is 1. The van der Waals surface area contributed by atoms with Crippen molar-refractivity contribution in [3.63, 3.8) is 0 Å². The molecule has 1 aliphatic carbocycles. The van der Waals surface area contributed by atoms with Crippen LogP contribution in [0, 0.1) is 0 Å². The topological polar surface area (TPSA) is 87.4 Å². The molecule has 1 saturated carbocycles. The van der Waals surface area contributed by atoms with Crippen LogP contribution < -0.4 is 5.32 Å². The summed E-state index contributed by atoms with van der Waals surface area (Å²) in [5.74, 6) is -0.589. The van der Waals surface area contributed by atoms with E-state index in [0.29, 0.717) is 36.7 Å². The van der Waals surface area contributed by atoms with Crippen LogP contribution in [-0.4, -0.2) is 31.8 Å². The normalized spacial score (nSPS) is 19.7. The zero-order valence-corrected chi connectivity index (χ0v) is 15.9. The van der Waals surface area contributed by atoms with Gasteiger partial charge in [-0.2, -0.15) is 13.2 Å². The van der Waals surface area contributed by atoms with Gasteiger partial charge in [-0.3, -0.25) is 10.1 Å². The summed E-state index contributed by atoms with van der Waals surface area (Å²) in [6.45, 7) is 0. The number of para-hydroxylation sites is 1. The first kappa shape index (κ1) is 20.2. The van der Waals surface area contributed by atoms with Gasteiger partial charge < -0.3 is 14.8 Å². The van der Waals surface area contributed by atoms with E-state index in [0.717, 1.165) is 12.1 Å². The maximum absolute atomic E-state index is 13.0. The van der Waals surface area contributed by atoms with E-state index < -0.39 is 23.8 Å². The molecule has 1 aliphatic rings. The Kier molecular flexibility index (Phi) is 5.15. The molecule has 0 unspecified atom stereocenters. The summed E-state index contributed by atoms with van der Waals surface area (Å²) < 4.78 is 40.7. The number of aromatic hydroxyl groups is 1. The lowest BCUT2D eigenvalue weighted by molar-refractivity contribution is -0.137. The molecular formula is C21H20F3N3O3. The third kappa shape index (κ3) is 3.85. The number of imidazole rings is 1. The largest absolute Gasteiger partial charge is 0.506 e. The van der Waals surface area contributed by atoms with Gasteiger partial charge in [0, 0.05) is 11.6 Å². The van der Waals surface area contributed by atoms with Crippen LogP contribution in [-0.2, 0) is 6.18 Å². The van der Waals surface area contributed by atoms with Gasteiger partial charge in [0.2, 0.25) is 5.95 Å². The Labute approximate surface area is 170 Å². The van der Waals surface area contributed by atoms with Crippen LogP contribution >= 0.6 is 0 Å². The first-order valence-electron chi connectivity index (χ1n) is 9.60. The van der Waals surface area contributed by atoms with Gasteiger partial charge in [0.05, 0.1) is 17.2 Å². The van der Waals surface area contributed by atoms with E-state index in [1.165, 1.54) is 18.2 Å². The number of phenolic OH excluding ortho intramolecular Hbond substituents is 1. The third-order valence-electron chi connectivity index (χ3n) is 5.40. The van der Waals surface area contributed by atoms with Crippen molar-refractivity contribution in [1.82, 2.24) is 9.55 Å². The van der Waals surface area contributed by atoms with Crippen LogP contribution in [0.1, 0.15) is 47.6 Å². The van der Waals surface area contributed by atoms with Crippen LogP contribution in [0.4, 0.5) is 19.1 Å². The van der Waals surface area contributed by atoms with E-state index in [1.54, 1.807) is 16.7 Å². The minimum Gasteiger partial charge on any atom is -0.506 e. The highest BCUT2D eigenvalue weighted by molar-refractivity contribution is 6.04. The number of alkyl halides is 3. The second-order valence-electron chi connectivity index (χ2n) is 7.45. The number of fused-ring (bicyclic) bond motifs is 1. The highest BCUT2D eigenvalue weighted by Gasteiger charge is 2.31. The number of hydrogen-bond donors (Lipinski definition) is 3. The molecule has 0 radical (unpaired) electrons. The number of aliphatic hydroxyl groups is 1. The number of phenols is 1. The molecule has 1 heterocycles. The summed E-state index contributed by atoms with van der Waals surface area (Å²) in [5, 5.41) is 22.8. The highest BCUT2D eigenvalue weighted by atomic mass is 19.4. The van der Waals surface area contributed by atoms with Crippen LogP contribution in [0.2, 0.25) is 0 Å². The lowest BCUT2D eigenvalue weighted by Crippen LogP contribution is -2.24. The molecule has 1 aromatic heterocycles. The fraction of sp³-hybridized carbons (Fsp3) is 0.333. The van der Waals surface area contributed by atoms with Gasteiger partial charge in [-0.05, 0) is 56.0 Å². The van der Waals surface area contributed by atoms with Gasteiger partial charge in [0.25, 0.3) is 5.91 Å². The number of halogens is 3. The van der Waals surface area contributed by atoms with Crippen molar-refractivity contribution in [1.29, 1.82) is 0 Å². The Hall–Kier alpha value is -3.07. The van der Waals surface area contributed by atoms with E-state index in [9.17, 15) is 28.2 Å². The Morgan fingerprint density at radius 3 is 2.50 bits per heavy atom. The number of nitrogens with zero attached hydrogens (tertiary/aromatic N) is 2. The zero-order valence-electron chi connectivity index (χ0n) is 15.9. The average Bonchev–Trinajstić information content (AvgIpc) is 3.07. The van der Waals surface area contributed by atoms with Crippen molar-refractivity contribution in [2.75, 3.05) is 5.32 Å². The lowest BCUT2D eigenvalue weighted by Gasteiger charge is -2.28. The molecule has 1 amide bonds. The number of aliphatic hydroxyl groups excluding tert-OH is 1. The van der Waals surface area contributed by atoms with Gasteiger partial charge in [0.15, 0.2) is 0 Å². The smallest absolute Gasteiger partial charge is 0.416 e. The molecule has 4 rings (SSSR count). The Morgan fingerprint density at radius 2 is 1.80 bits per heavy atom. The predicted molar refractivity (Wildman–Crippen MR) is 104 cm³/mol. The van der Waals surface area contributed by atoms with E-state index >= 15 is 0 Å².